The number of halogens is 2. The summed E-state index contributed by atoms with van der Waals surface area (Å²) in [6.07, 6.45) is 0. The molecule has 11 nitrogen and oxygen atoms in total. The van der Waals surface area contributed by atoms with Crippen LogP contribution in [-0.4, -0.2) is 35.7 Å². The number of H-pyrrole nitrogens is 1. The van der Waals surface area contributed by atoms with Crippen LogP contribution in [0.2, 0.25) is 10.0 Å². The second-order valence-electron chi connectivity index (χ2n) is 6.58. The molecule has 32 heavy (non-hydrogen) atoms. The maximum Gasteiger partial charge on any atom is 0.299 e. The molecule has 0 saturated heterocycles. The summed E-state index contributed by atoms with van der Waals surface area (Å²) >= 11 is 12.0. The Hall–Kier alpha value is -2.55. The molecule has 0 spiro atoms. The van der Waals surface area contributed by atoms with E-state index < -0.39 is 35.6 Å². The van der Waals surface area contributed by atoms with Gasteiger partial charge in [0, 0.05) is 0 Å². The van der Waals surface area contributed by atoms with Gasteiger partial charge in [-0.25, -0.2) is 4.68 Å². The zero-order valence-electron chi connectivity index (χ0n) is 16.2. The van der Waals surface area contributed by atoms with Crippen molar-refractivity contribution in [2.24, 2.45) is 10.2 Å². The molecule has 3 rings (SSSR count). The highest BCUT2D eigenvalue weighted by Gasteiger charge is 2.21. The van der Waals surface area contributed by atoms with Crippen LogP contribution in [0.5, 0.6) is 0 Å². The van der Waals surface area contributed by atoms with Crippen LogP contribution >= 0.6 is 23.2 Å². The van der Waals surface area contributed by atoms with E-state index in [2.05, 4.69) is 15.3 Å². The molecule has 170 valence electrons. The van der Waals surface area contributed by atoms with E-state index in [9.17, 15) is 30.7 Å². The molecule has 0 amide bonds. The van der Waals surface area contributed by atoms with E-state index in [1.54, 1.807) is 6.92 Å². The zero-order chi connectivity index (χ0) is 24.0. The minimum absolute atomic E-state index is 0.0344. The van der Waals surface area contributed by atoms with Gasteiger partial charge in [0.05, 0.1) is 21.4 Å². The summed E-state index contributed by atoms with van der Waals surface area (Å²) < 4.78 is 65.3. The Morgan fingerprint density at radius 3 is 2.12 bits per heavy atom. The van der Waals surface area contributed by atoms with E-state index in [0.29, 0.717) is 5.56 Å². The molecule has 15 heteroatoms. The molecule has 2 aromatic carbocycles. The number of azo groups is 1. The van der Waals surface area contributed by atoms with E-state index >= 15 is 0 Å². The lowest BCUT2D eigenvalue weighted by atomic mass is 10.2. The molecule has 0 aliphatic rings. The first-order valence-electron chi connectivity index (χ1n) is 8.48. The molecule has 0 bridgehead atoms. The average Bonchev–Trinajstić information content (AvgIpc) is 2.93. The van der Waals surface area contributed by atoms with Crippen molar-refractivity contribution in [3.63, 3.8) is 0 Å². The first-order valence-corrected chi connectivity index (χ1v) is 12.1. The van der Waals surface area contributed by atoms with Crippen LogP contribution in [0.1, 0.15) is 11.3 Å². The Morgan fingerprint density at radius 2 is 1.53 bits per heavy atom. The van der Waals surface area contributed by atoms with Crippen LogP contribution in [0.15, 0.2) is 55.1 Å². The van der Waals surface area contributed by atoms with Crippen molar-refractivity contribution < 1.29 is 25.9 Å². The number of benzene rings is 2. The lowest BCUT2D eigenvalue weighted by molar-refractivity contribution is 0.481. The standard InChI is InChI=1S/C17H14Cl2N4O7S2/c1-8-3-4-14(31(25,26)27)12(5-8)20-21-16-9(2)22-23(17(16)24)13-6-11(19)15(7-10(13)18)32(28,29)30/h3-7,22H,1-2H3,(H,25,26,27)(H,28,29,30). The van der Waals surface area contributed by atoms with Crippen LogP contribution in [0.4, 0.5) is 11.4 Å². The largest absolute Gasteiger partial charge is 0.299 e. The SMILES string of the molecule is Cc1ccc(S(=O)(=O)O)c(N=Nc2c(C)[nH]n(-c3cc(Cl)c(S(=O)(=O)O)cc3Cl)c2=O)c1. The van der Waals surface area contributed by atoms with E-state index in [4.69, 9.17) is 23.2 Å². The Bertz CT molecular complexity index is 1540. The van der Waals surface area contributed by atoms with Gasteiger partial charge >= 0.3 is 0 Å². The van der Waals surface area contributed by atoms with Gasteiger partial charge in [0.2, 0.25) is 0 Å². The maximum atomic E-state index is 12.8. The predicted molar refractivity (Wildman–Crippen MR) is 116 cm³/mol. The topological polar surface area (TPSA) is 171 Å². The highest BCUT2D eigenvalue weighted by Crippen LogP contribution is 2.31. The van der Waals surface area contributed by atoms with Gasteiger partial charge in [0.25, 0.3) is 25.8 Å². The number of aryl methyl sites for hydroxylation is 2. The fourth-order valence-electron chi connectivity index (χ4n) is 2.74. The van der Waals surface area contributed by atoms with Crippen molar-refractivity contribution in [3.8, 4) is 5.69 Å². The summed E-state index contributed by atoms with van der Waals surface area (Å²) in [7, 11) is -9.23. The van der Waals surface area contributed by atoms with Crippen molar-refractivity contribution in [1.82, 2.24) is 9.78 Å². The average molecular weight is 521 g/mol. The second-order valence-corrected chi connectivity index (χ2v) is 10.2. The number of nitrogens with one attached hydrogen (secondary N) is 1. The summed E-state index contributed by atoms with van der Waals surface area (Å²) in [5, 5.41) is 9.69. The lowest BCUT2D eigenvalue weighted by Gasteiger charge is -2.08. The number of nitrogens with zero attached hydrogens (tertiary/aromatic N) is 3. The summed E-state index contributed by atoms with van der Waals surface area (Å²) in [5.74, 6) is 0. The number of aromatic amines is 1. The molecular weight excluding hydrogens is 507 g/mol. The van der Waals surface area contributed by atoms with Gasteiger partial charge in [-0.2, -0.15) is 16.8 Å². The van der Waals surface area contributed by atoms with Crippen molar-refractivity contribution in [2.45, 2.75) is 23.6 Å². The highest BCUT2D eigenvalue weighted by molar-refractivity contribution is 7.86. The van der Waals surface area contributed by atoms with Crippen molar-refractivity contribution in [2.75, 3.05) is 0 Å². The normalized spacial score (nSPS) is 12.6. The molecule has 1 heterocycles. The van der Waals surface area contributed by atoms with Crippen LogP contribution in [0, 0.1) is 13.8 Å². The molecule has 0 unspecified atom stereocenters. The minimum atomic E-state index is -4.64. The highest BCUT2D eigenvalue weighted by atomic mass is 35.5. The van der Waals surface area contributed by atoms with Gasteiger partial charge in [0.1, 0.15) is 15.5 Å². The molecule has 0 fully saturated rings. The third-order valence-corrected chi connectivity index (χ3v) is 6.73. The van der Waals surface area contributed by atoms with Crippen LogP contribution in [0.3, 0.4) is 0 Å². The molecule has 0 aliphatic heterocycles. The molecule has 0 saturated carbocycles. The zero-order valence-corrected chi connectivity index (χ0v) is 19.4. The maximum absolute atomic E-state index is 12.8. The van der Waals surface area contributed by atoms with E-state index in [0.717, 1.165) is 22.9 Å². The fraction of sp³-hybridized carbons (Fsp3) is 0.118. The number of hydrogen-bond donors (Lipinski definition) is 3. The Labute approximate surface area is 191 Å². The summed E-state index contributed by atoms with van der Waals surface area (Å²) in [4.78, 5) is 11.7. The number of hydrogen-bond acceptors (Lipinski definition) is 7. The number of aromatic nitrogens is 2. The van der Waals surface area contributed by atoms with Gasteiger partial charge in [0.15, 0.2) is 5.69 Å². The van der Waals surface area contributed by atoms with E-state index in [-0.39, 0.29) is 32.8 Å². The van der Waals surface area contributed by atoms with Crippen LogP contribution < -0.4 is 5.56 Å². The first-order chi connectivity index (χ1) is 14.7. The smallest absolute Gasteiger partial charge is 0.293 e. The molecule has 3 N–H and O–H groups in total. The van der Waals surface area contributed by atoms with Crippen molar-refractivity contribution in [3.05, 3.63) is 62.0 Å². The second kappa shape index (κ2) is 8.42. The summed E-state index contributed by atoms with van der Waals surface area (Å²) in [6, 6.07) is 5.90. The molecule has 0 aliphatic carbocycles. The Kier molecular flexibility index (Phi) is 6.34. The fourth-order valence-corrected chi connectivity index (χ4v) is 4.68. The van der Waals surface area contributed by atoms with Gasteiger partial charge in [-0.05, 0) is 43.7 Å². The first kappa shape index (κ1) is 24.1. The van der Waals surface area contributed by atoms with Crippen molar-refractivity contribution >= 4 is 54.8 Å². The van der Waals surface area contributed by atoms with Gasteiger partial charge < -0.3 is 0 Å². The van der Waals surface area contributed by atoms with Gasteiger partial charge in [-0.15, -0.1) is 10.2 Å². The lowest BCUT2D eigenvalue weighted by Crippen LogP contribution is -2.15. The quantitative estimate of drug-likeness (QED) is 0.336. The van der Waals surface area contributed by atoms with E-state index in [1.807, 2.05) is 0 Å². The number of rotatable bonds is 5. The third-order valence-electron chi connectivity index (χ3n) is 4.21. The molecule has 0 atom stereocenters. The molecule has 0 radical (unpaired) electrons. The summed E-state index contributed by atoms with van der Waals surface area (Å²) in [5.41, 5.74) is -0.338. The molecule has 1 aromatic heterocycles. The Balaban J connectivity index is 2.13. The predicted octanol–water partition coefficient (Wildman–Crippen LogP) is 4.00. The van der Waals surface area contributed by atoms with Gasteiger partial charge in [-0.1, -0.05) is 29.3 Å². The van der Waals surface area contributed by atoms with Crippen LogP contribution in [-0.2, 0) is 20.2 Å². The molecule has 3 aromatic rings. The molecular formula is C17H14Cl2N4O7S2. The Morgan fingerprint density at radius 1 is 0.906 bits per heavy atom. The van der Waals surface area contributed by atoms with Crippen molar-refractivity contribution in [1.29, 1.82) is 0 Å². The minimum Gasteiger partial charge on any atom is -0.293 e. The van der Waals surface area contributed by atoms with E-state index in [1.165, 1.54) is 19.1 Å². The third kappa shape index (κ3) is 4.77. The monoisotopic (exact) mass is 520 g/mol. The van der Waals surface area contributed by atoms with Crippen LogP contribution in [0.25, 0.3) is 5.69 Å². The van der Waals surface area contributed by atoms with Gasteiger partial charge in [-0.3, -0.25) is 19.0 Å². The summed E-state index contributed by atoms with van der Waals surface area (Å²) in [6.45, 7) is 3.15.